The van der Waals surface area contributed by atoms with Gasteiger partial charge >= 0.3 is 5.97 Å². The van der Waals surface area contributed by atoms with Gasteiger partial charge in [-0.25, -0.2) is 4.79 Å². The van der Waals surface area contributed by atoms with E-state index in [2.05, 4.69) is 0 Å². The summed E-state index contributed by atoms with van der Waals surface area (Å²) in [5.74, 6) is -4.00. The van der Waals surface area contributed by atoms with E-state index in [0.717, 1.165) is 23.0 Å². The summed E-state index contributed by atoms with van der Waals surface area (Å²) >= 11 is 0. The quantitative estimate of drug-likeness (QED) is 0.138. The monoisotopic (exact) mass is 514 g/mol. The molecular weight excluding hydrogens is 492 g/mol. The molecule has 11 nitrogen and oxygen atoms in total. The number of rotatable bonds is 8. The van der Waals surface area contributed by atoms with Crippen molar-refractivity contribution in [2.45, 2.75) is 25.6 Å². The van der Waals surface area contributed by atoms with Crippen LogP contribution < -0.4 is 0 Å². The lowest BCUT2D eigenvalue weighted by atomic mass is 9.92. The van der Waals surface area contributed by atoms with Crippen LogP contribution in [0.15, 0.2) is 66.1 Å². The van der Waals surface area contributed by atoms with Gasteiger partial charge in [0.2, 0.25) is 0 Å². The van der Waals surface area contributed by atoms with Crippen LogP contribution in [0, 0.1) is 0 Å². The third-order valence-corrected chi connectivity index (χ3v) is 6.30. The van der Waals surface area contributed by atoms with Crippen LogP contribution in [-0.2, 0) is 35.2 Å². The molecule has 2 aromatic carbocycles. The highest BCUT2D eigenvalue weighted by Crippen LogP contribution is 2.36. The molecule has 0 saturated carbocycles. The van der Waals surface area contributed by atoms with E-state index in [-0.39, 0.29) is 17.7 Å². The van der Waals surface area contributed by atoms with Gasteiger partial charge < -0.3 is 9.84 Å². The van der Waals surface area contributed by atoms with Crippen LogP contribution in [-0.4, -0.2) is 72.0 Å². The summed E-state index contributed by atoms with van der Waals surface area (Å²) in [6.45, 7) is 0.312. The molecule has 2 aromatic rings. The number of likely N-dealkylation sites (tertiary alicyclic amines) is 1. The van der Waals surface area contributed by atoms with E-state index in [1.54, 1.807) is 42.5 Å². The van der Waals surface area contributed by atoms with Gasteiger partial charge in [-0.1, -0.05) is 42.5 Å². The molecule has 2 aliphatic rings. The Hall–Kier alpha value is -4.03. The summed E-state index contributed by atoms with van der Waals surface area (Å²) in [4.78, 5) is 53.6. The minimum atomic E-state index is -4.00. The molecule has 188 valence electrons. The number of fused-ring (bicyclic) bond motifs is 1. The SMILES string of the molecule is CC(O)=C(C(=O)OCc1ccccc1)N1C(=O)[C@@H](N2C(=O)c3ccccc3C2=O)[C@@H]1COS(C)(=O)=O. The molecule has 0 bridgehead atoms. The Morgan fingerprint density at radius 1 is 0.972 bits per heavy atom. The molecule has 2 atom stereocenters. The third kappa shape index (κ3) is 4.60. The molecular formula is C24H22N2O9S. The summed E-state index contributed by atoms with van der Waals surface area (Å²) in [7, 11) is -4.00. The standard InChI is InChI=1S/C24H22N2O9S/c1-14(27)19(24(31)34-12-15-8-4-3-5-9-15)25-18(13-35-36(2,32)33)20(23(25)30)26-21(28)16-10-6-7-11-17(16)22(26)29/h3-11,18,20,27H,12-13H2,1-2H3/t18-,20-/m0/s1. The van der Waals surface area contributed by atoms with Gasteiger partial charge in [0.1, 0.15) is 18.4 Å². The molecule has 0 unspecified atom stereocenters. The molecule has 12 heteroatoms. The maximum atomic E-state index is 13.3. The zero-order chi connectivity index (χ0) is 26.2. The number of benzene rings is 2. The van der Waals surface area contributed by atoms with Gasteiger partial charge in [-0.3, -0.25) is 28.4 Å². The Balaban J connectivity index is 1.63. The summed E-state index contributed by atoms with van der Waals surface area (Å²) in [5, 5.41) is 10.3. The zero-order valence-corrected chi connectivity index (χ0v) is 20.1. The van der Waals surface area contributed by atoms with Crippen molar-refractivity contribution in [3.05, 3.63) is 82.7 Å². The van der Waals surface area contributed by atoms with Crippen molar-refractivity contribution in [2.75, 3.05) is 12.9 Å². The molecule has 0 aliphatic carbocycles. The predicted molar refractivity (Wildman–Crippen MR) is 124 cm³/mol. The van der Waals surface area contributed by atoms with Crippen molar-refractivity contribution >= 4 is 33.8 Å². The second-order valence-electron chi connectivity index (χ2n) is 8.23. The Bertz CT molecular complexity index is 1350. The predicted octanol–water partition coefficient (Wildman–Crippen LogP) is 1.37. The van der Waals surface area contributed by atoms with Crippen LogP contribution in [0.1, 0.15) is 33.2 Å². The van der Waals surface area contributed by atoms with Crippen LogP contribution in [0.3, 0.4) is 0 Å². The fourth-order valence-electron chi connectivity index (χ4n) is 4.12. The number of aliphatic hydroxyl groups excluding tert-OH is 1. The second-order valence-corrected chi connectivity index (χ2v) is 9.87. The van der Waals surface area contributed by atoms with Crippen molar-refractivity contribution in [3.63, 3.8) is 0 Å². The number of allylic oxidation sites excluding steroid dienone is 1. The van der Waals surface area contributed by atoms with E-state index in [0.29, 0.717) is 5.56 Å². The fourth-order valence-corrected chi connectivity index (χ4v) is 4.51. The number of amides is 3. The van der Waals surface area contributed by atoms with Gasteiger partial charge in [-0.2, -0.15) is 8.42 Å². The fraction of sp³-hybridized carbons (Fsp3) is 0.250. The van der Waals surface area contributed by atoms with Gasteiger partial charge in [0.25, 0.3) is 27.8 Å². The molecule has 2 aliphatic heterocycles. The van der Waals surface area contributed by atoms with E-state index < -0.39 is 64.0 Å². The average Bonchev–Trinajstić information content (AvgIpc) is 3.08. The van der Waals surface area contributed by atoms with Gasteiger partial charge in [-0.05, 0) is 24.6 Å². The molecule has 1 saturated heterocycles. The lowest BCUT2D eigenvalue weighted by Gasteiger charge is -2.49. The van der Waals surface area contributed by atoms with Crippen LogP contribution >= 0.6 is 0 Å². The van der Waals surface area contributed by atoms with Crippen molar-refractivity contribution in [3.8, 4) is 0 Å². The van der Waals surface area contributed by atoms with Gasteiger partial charge in [0.05, 0.1) is 30.0 Å². The smallest absolute Gasteiger partial charge is 0.358 e. The highest BCUT2D eigenvalue weighted by atomic mass is 32.2. The van der Waals surface area contributed by atoms with Crippen molar-refractivity contribution in [2.24, 2.45) is 0 Å². The Morgan fingerprint density at radius 3 is 2.06 bits per heavy atom. The van der Waals surface area contributed by atoms with Crippen molar-refractivity contribution < 1.29 is 41.6 Å². The van der Waals surface area contributed by atoms with Crippen molar-refractivity contribution in [1.29, 1.82) is 0 Å². The first-order chi connectivity index (χ1) is 17.0. The van der Waals surface area contributed by atoms with E-state index in [4.69, 9.17) is 8.92 Å². The minimum Gasteiger partial charge on any atom is -0.510 e. The molecule has 1 fully saturated rings. The van der Waals surface area contributed by atoms with Crippen molar-refractivity contribution in [1.82, 2.24) is 9.80 Å². The van der Waals surface area contributed by atoms with Crippen LogP contribution in [0.25, 0.3) is 0 Å². The number of hydrogen-bond acceptors (Lipinski definition) is 9. The molecule has 4 rings (SSSR count). The Kier molecular flexibility index (Phi) is 6.65. The number of aliphatic hydroxyl groups is 1. The summed E-state index contributed by atoms with van der Waals surface area (Å²) in [6, 6.07) is 11.9. The molecule has 2 heterocycles. The largest absolute Gasteiger partial charge is 0.510 e. The number of carbonyl (C=O) groups is 4. The number of ether oxygens (including phenoxy) is 1. The Labute approximate surface area is 206 Å². The molecule has 1 N–H and O–H groups in total. The molecule has 0 aromatic heterocycles. The van der Waals surface area contributed by atoms with Gasteiger partial charge in [0, 0.05) is 0 Å². The molecule has 0 radical (unpaired) electrons. The normalized spacial score (nSPS) is 20.1. The zero-order valence-electron chi connectivity index (χ0n) is 19.3. The first kappa shape index (κ1) is 25.1. The highest BCUT2D eigenvalue weighted by Gasteiger charge is 2.59. The van der Waals surface area contributed by atoms with E-state index in [9.17, 15) is 32.7 Å². The number of hydrogen-bond donors (Lipinski definition) is 1. The van der Waals surface area contributed by atoms with Gasteiger partial charge in [-0.15, -0.1) is 0 Å². The topological polar surface area (TPSA) is 148 Å². The maximum Gasteiger partial charge on any atom is 0.358 e. The molecule has 0 spiro atoms. The maximum absolute atomic E-state index is 13.3. The molecule has 3 amide bonds. The first-order valence-corrected chi connectivity index (χ1v) is 12.6. The van der Waals surface area contributed by atoms with Gasteiger partial charge in [0.15, 0.2) is 5.70 Å². The number of imide groups is 1. The first-order valence-electron chi connectivity index (χ1n) is 10.8. The third-order valence-electron chi connectivity index (χ3n) is 5.73. The Morgan fingerprint density at radius 2 is 1.53 bits per heavy atom. The van der Waals surface area contributed by atoms with E-state index in [1.165, 1.54) is 12.1 Å². The lowest BCUT2D eigenvalue weighted by molar-refractivity contribution is -0.160. The minimum absolute atomic E-state index is 0.0907. The highest BCUT2D eigenvalue weighted by molar-refractivity contribution is 7.85. The summed E-state index contributed by atoms with van der Waals surface area (Å²) in [6.07, 6.45) is 0.789. The second kappa shape index (κ2) is 9.55. The van der Waals surface area contributed by atoms with Crippen LogP contribution in [0.5, 0.6) is 0 Å². The summed E-state index contributed by atoms with van der Waals surface area (Å²) < 4.78 is 33.4. The van der Waals surface area contributed by atoms with E-state index in [1.807, 2.05) is 0 Å². The average molecular weight is 515 g/mol. The van der Waals surface area contributed by atoms with Crippen LogP contribution in [0.4, 0.5) is 0 Å². The number of esters is 1. The van der Waals surface area contributed by atoms with Crippen LogP contribution in [0.2, 0.25) is 0 Å². The number of carbonyl (C=O) groups excluding carboxylic acids is 4. The molecule has 36 heavy (non-hydrogen) atoms. The number of β-lactam (4-membered cyclic amide) rings is 1. The summed E-state index contributed by atoms with van der Waals surface area (Å²) in [5.41, 5.74) is 0.281. The lowest BCUT2D eigenvalue weighted by Crippen LogP contribution is -2.73. The number of nitrogens with zero attached hydrogens (tertiary/aromatic N) is 2. The van der Waals surface area contributed by atoms with E-state index >= 15 is 0 Å².